The number of rotatable bonds is 2. The molecule has 2 heterocycles. The number of likely N-dealkylation sites (tertiary alicyclic amines) is 2. The molecule has 0 aromatic rings. The Kier molecular flexibility index (Phi) is 3.57. The standard InChI is InChI=1S/C13H27N3/c1-11-4-6-16(8-12(11)2)13(9-14)5-7-15(3)10-13/h11-12H,4-10,14H2,1-3H3. The van der Waals surface area contributed by atoms with E-state index < -0.39 is 0 Å². The highest BCUT2D eigenvalue weighted by atomic mass is 15.3. The molecule has 0 aromatic heterocycles. The molecule has 0 radical (unpaired) electrons. The number of likely N-dealkylation sites (N-methyl/N-ethyl adjacent to an activating group) is 1. The van der Waals surface area contributed by atoms with E-state index in [9.17, 15) is 0 Å². The van der Waals surface area contributed by atoms with Crippen molar-refractivity contribution in [2.75, 3.05) is 39.8 Å². The van der Waals surface area contributed by atoms with Gasteiger partial charge in [-0.2, -0.15) is 0 Å². The number of hydrogen-bond acceptors (Lipinski definition) is 3. The molecular weight excluding hydrogens is 198 g/mol. The third-order valence-corrected chi connectivity index (χ3v) is 4.91. The average Bonchev–Trinajstić information content (AvgIpc) is 2.65. The molecule has 3 unspecified atom stereocenters. The average molecular weight is 225 g/mol. The zero-order valence-electron chi connectivity index (χ0n) is 11.1. The van der Waals surface area contributed by atoms with E-state index in [2.05, 4.69) is 30.7 Å². The third-order valence-electron chi connectivity index (χ3n) is 4.91. The van der Waals surface area contributed by atoms with Gasteiger partial charge in [0.05, 0.1) is 0 Å². The van der Waals surface area contributed by atoms with Crippen molar-refractivity contribution >= 4 is 0 Å². The van der Waals surface area contributed by atoms with Crippen LogP contribution in [0, 0.1) is 11.8 Å². The van der Waals surface area contributed by atoms with E-state index in [0.29, 0.717) is 0 Å². The smallest absolute Gasteiger partial charge is 0.0470 e. The Labute approximate surface area is 100.0 Å². The van der Waals surface area contributed by atoms with Crippen molar-refractivity contribution in [2.24, 2.45) is 17.6 Å². The van der Waals surface area contributed by atoms with Crippen molar-refractivity contribution in [2.45, 2.75) is 32.2 Å². The molecule has 2 saturated heterocycles. The van der Waals surface area contributed by atoms with E-state index in [1.165, 1.54) is 32.5 Å². The molecule has 2 aliphatic rings. The summed E-state index contributed by atoms with van der Waals surface area (Å²) < 4.78 is 0. The highest BCUT2D eigenvalue weighted by Gasteiger charge is 2.42. The summed E-state index contributed by atoms with van der Waals surface area (Å²) in [5.41, 5.74) is 6.35. The van der Waals surface area contributed by atoms with Crippen LogP contribution in [0.15, 0.2) is 0 Å². The van der Waals surface area contributed by atoms with Gasteiger partial charge in [-0.3, -0.25) is 4.90 Å². The number of nitrogens with two attached hydrogens (primary N) is 1. The maximum Gasteiger partial charge on any atom is 0.0470 e. The van der Waals surface area contributed by atoms with Crippen molar-refractivity contribution in [3.8, 4) is 0 Å². The van der Waals surface area contributed by atoms with Gasteiger partial charge < -0.3 is 10.6 Å². The van der Waals surface area contributed by atoms with Gasteiger partial charge in [0.15, 0.2) is 0 Å². The fourth-order valence-corrected chi connectivity index (χ4v) is 3.31. The Balaban J connectivity index is 2.05. The molecule has 0 amide bonds. The lowest BCUT2D eigenvalue weighted by Gasteiger charge is -2.46. The lowest BCUT2D eigenvalue weighted by molar-refractivity contribution is 0.0371. The van der Waals surface area contributed by atoms with Crippen LogP contribution in [-0.4, -0.2) is 55.1 Å². The van der Waals surface area contributed by atoms with Gasteiger partial charge in [0, 0.05) is 25.2 Å². The quantitative estimate of drug-likeness (QED) is 0.761. The third kappa shape index (κ3) is 2.13. The van der Waals surface area contributed by atoms with Crippen LogP contribution in [0.25, 0.3) is 0 Å². The predicted octanol–water partition coefficient (Wildman–Crippen LogP) is 0.997. The maximum absolute atomic E-state index is 6.07. The second-order valence-corrected chi connectivity index (χ2v) is 6.11. The summed E-state index contributed by atoms with van der Waals surface area (Å²) in [6.07, 6.45) is 2.59. The van der Waals surface area contributed by atoms with Gasteiger partial charge in [-0.05, 0) is 44.8 Å². The first-order valence-electron chi connectivity index (χ1n) is 6.71. The van der Waals surface area contributed by atoms with Crippen LogP contribution in [-0.2, 0) is 0 Å². The van der Waals surface area contributed by atoms with Crippen LogP contribution in [0.1, 0.15) is 26.7 Å². The van der Waals surface area contributed by atoms with Crippen LogP contribution in [0.5, 0.6) is 0 Å². The number of piperidine rings is 1. The molecule has 0 aliphatic carbocycles. The van der Waals surface area contributed by atoms with Crippen LogP contribution >= 0.6 is 0 Å². The topological polar surface area (TPSA) is 32.5 Å². The van der Waals surface area contributed by atoms with Crippen molar-refractivity contribution in [3.05, 3.63) is 0 Å². The van der Waals surface area contributed by atoms with Crippen molar-refractivity contribution in [1.82, 2.24) is 9.80 Å². The Morgan fingerprint density at radius 3 is 2.50 bits per heavy atom. The summed E-state index contributed by atoms with van der Waals surface area (Å²) in [6.45, 7) is 10.4. The second kappa shape index (κ2) is 4.63. The van der Waals surface area contributed by atoms with Gasteiger partial charge in [-0.15, -0.1) is 0 Å². The fourth-order valence-electron chi connectivity index (χ4n) is 3.31. The minimum absolute atomic E-state index is 0.281. The summed E-state index contributed by atoms with van der Waals surface area (Å²) in [7, 11) is 2.22. The fraction of sp³-hybridized carbons (Fsp3) is 1.00. The van der Waals surface area contributed by atoms with Crippen molar-refractivity contribution < 1.29 is 0 Å². The summed E-state index contributed by atoms with van der Waals surface area (Å²) in [5, 5.41) is 0. The predicted molar refractivity (Wildman–Crippen MR) is 68.4 cm³/mol. The van der Waals surface area contributed by atoms with Crippen molar-refractivity contribution in [3.63, 3.8) is 0 Å². The van der Waals surface area contributed by atoms with Crippen LogP contribution in [0.4, 0.5) is 0 Å². The SMILES string of the molecule is CC1CCN(C2(CN)CCN(C)C2)CC1C. The minimum atomic E-state index is 0.281. The highest BCUT2D eigenvalue weighted by molar-refractivity contribution is 5.00. The Morgan fingerprint density at radius 1 is 1.25 bits per heavy atom. The largest absolute Gasteiger partial charge is 0.329 e. The number of hydrogen-bond donors (Lipinski definition) is 1. The molecule has 3 atom stereocenters. The first-order valence-corrected chi connectivity index (χ1v) is 6.71. The molecule has 2 N–H and O–H groups in total. The van der Waals surface area contributed by atoms with Gasteiger partial charge in [0.25, 0.3) is 0 Å². The molecule has 0 aromatic carbocycles. The summed E-state index contributed by atoms with van der Waals surface area (Å²) in [4.78, 5) is 5.11. The van der Waals surface area contributed by atoms with E-state index in [0.717, 1.165) is 24.9 Å². The Morgan fingerprint density at radius 2 is 2.00 bits per heavy atom. The van der Waals surface area contributed by atoms with E-state index in [-0.39, 0.29) is 5.54 Å². The summed E-state index contributed by atoms with van der Waals surface area (Å²) in [6, 6.07) is 0. The molecule has 0 saturated carbocycles. The Bertz CT molecular complexity index is 243. The first-order chi connectivity index (χ1) is 7.57. The summed E-state index contributed by atoms with van der Waals surface area (Å²) in [5.74, 6) is 1.70. The van der Waals surface area contributed by atoms with Crippen LogP contribution in [0.2, 0.25) is 0 Å². The van der Waals surface area contributed by atoms with Gasteiger partial charge in [-0.25, -0.2) is 0 Å². The highest BCUT2D eigenvalue weighted by Crippen LogP contribution is 2.32. The first kappa shape index (κ1) is 12.3. The van der Waals surface area contributed by atoms with Crippen LogP contribution < -0.4 is 5.73 Å². The Hall–Kier alpha value is -0.120. The minimum Gasteiger partial charge on any atom is -0.329 e. The van der Waals surface area contributed by atoms with E-state index >= 15 is 0 Å². The van der Waals surface area contributed by atoms with E-state index in [1.807, 2.05) is 0 Å². The van der Waals surface area contributed by atoms with Gasteiger partial charge >= 0.3 is 0 Å². The summed E-state index contributed by atoms with van der Waals surface area (Å²) >= 11 is 0. The van der Waals surface area contributed by atoms with Gasteiger partial charge in [-0.1, -0.05) is 13.8 Å². The lowest BCUT2D eigenvalue weighted by atomic mass is 9.84. The molecule has 2 aliphatic heterocycles. The van der Waals surface area contributed by atoms with Gasteiger partial charge in [0.2, 0.25) is 0 Å². The number of nitrogens with zero attached hydrogens (tertiary/aromatic N) is 2. The molecule has 0 bridgehead atoms. The molecule has 2 fully saturated rings. The molecular formula is C13H27N3. The molecule has 0 spiro atoms. The zero-order valence-corrected chi connectivity index (χ0v) is 11.1. The zero-order chi connectivity index (χ0) is 11.8. The molecule has 94 valence electrons. The molecule has 3 heteroatoms. The normalized spacial score (nSPS) is 42.8. The maximum atomic E-state index is 6.07. The van der Waals surface area contributed by atoms with Crippen LogP contribution in [0.3, 0.4) is 0 Å². The second-order valence-electron chi connectivity index (χ2n) is 6.11. The molecule has 16 heavy (non-hydrogen) atoms. The van der Waals surface area contributed by atoms with E-state index in [4.69, 9.17) is 5.73 Å². The van der Waals surface area contributed by atoms with E-state index in [1.54, 1.807) is 0 Å². The molecule has 2 rings (SSSR count). The lowest BCUT2D eigenvalue weighted by Crippen LogP contribution is -2.59. The monoisotopic (exact) mass is 225 g/mol. The van der Waals surface area contributed by atoms with Gasteiger partial charge in [0.1, 0.15) is 0 Å². The van der Waals surface area contributed by atoms with Crippen molar-refractivity contribution in [1.29, 1.82) is 0 Å². The molecule has 3 nitrogen and oxygen atoms in total.